The third-order valence-electron chi connectivity index (χ3n) is 5.08. The average molecular weight is 351 g/mol. The summed E-state index contributed by atoms with van der Waals surface area (Å²) < 4.78 is 0. The van der Waals surface area contributed by atoms with E-state index in [1.807, 2.05) is 55.1 Å². The molecule has 3 rings (SSSR count). The van der Waals surface area contributed by atoms with Gasteiger partial charge in [-0.25, -0.2) is 0 Å². The highest BCUT2D eigenvalue weighted by Crippen LogP contribution is 2.20. The predicted octanol–water partition coefficient (Wildman–Crippen LogP) is 2.87. The number of nitrogens with zero attached hydrogens (tertiary/aromatic N) is 2. The molecule has 1 aromatic carbocycles. The fourth-order valence-corrected chi connectivity index (χ4v) is 3.23. The van der Waals surface area contributed by atoms with Gasteiger partial charge in [0.15, 0.2) is 0 Å². The van der Waals surface area contributed by atoms with Gasteiger partial charge in [-0.2, -0.15) is 0 Å². The lowest BCUT2D eigenvalue weighted by Gasteiger charge is -2.31. The Bertz CT molecular complexity index is 781. The maximum Gasteiger partial charge on any atom is 0.253 e. The van der Waals surface area contributed by atoms with Crippen molar-refractivity contribution in [3.63, 3.8) is 0 Å². The first kappa shape index (κ1) is 18.1. The van der Waals surface area contributed by atoms with Crippen LogP contribution in [-0.4, -0.2) is 34.8 Å². The van der Waals surface area contributed by atoms with E-state index in [1.165, 1.54) is 5.56 Å². The van der Waals surface area contributed by atoms with Crippen molar-refractivity contribution in [2.24, 2.45) is 5.92 Å². The molecule has 2 amide bonds. The number of piperidine rings is 1. The second-order valence-corrected chi connectivity index (χ2v) is 6.90. The molecule has 1 aromatic heterocycles. The van der Waals surface area contributed by atoms with Crippen LogP contribution < -0.4 is 5.32 Å². The molecule has 0 bridgehead atoms. The average Bonchev–Trinajstić information content (AvgIpc) is 2.68. The van der Waals surface area contributed by atoms with Gasteiger partial charge >= 0.3 is 0 Å². The zero-order chi connectivity index (χ0) is 18.5. The first-order valence-corrected chi connectivity index (χ1v) is 9.09. The number of hydrogen-bond donors (Lipinski definition) is 1. The van der Waals surface area contributed by atoms with Crippen LogP contribution in [0.2, 0.25) is 0 Å². The van der Waals surface area contributed by atoms with Gasteiger partial charge in [0.2, 0.25) is 5.91 Å². The second-order valence-electron chi connectivity index (χ2n) is 6.90. The van der Waals surface area contributed by atoms with Crippen molar-refractivity contribution in [2.75, 3.05) is 13.1 Å². The lowest BCUT2D eigenvalue weighted by molar-refractivity contribution is -0.126. The van der Waals surface area contributed by atoms with Gasteiger partial charge in [-0.3, -0.25) is 14.6 Å². The van der Waals surface area contributed by atoms with Gasteiger partial charge in [0.25, 0.3) is 5.91 Å². The summed E-state index contributed by atoms with van der Waals surface area (Å²) in [5.41, 5.74) is 3.89. The summed E-state index contributed by atoms with van der Waals surface area (Å²) in [4.78, 5) is 31.1. The summed E-state index contributed by atoms with van der Waals surface area (Å²) >= 11 is 0. The molecular formula is C21H25N3O2. The predicted molar refractivity (Wildman–Crippen MR) is 101 cm³/mol. The number of aromatic nitrogens is 1. The largest absolute Gasteiger partial charge is 0.350 e. The number of pyridine rings is 1. The Morgan fingerprint density at radius 3 is 2.54 bits per heavy atom. The maximum absolute atomic E-state index is 12.7. The molecule has 2 heterocycles. The molecule has 2 aromatic rings. The topological polar surface area (TPSA) is 62.3 Å². The fourth-order valence-electron chi connectivity index (χ4n) is 3.23. The number of amides is 2. The smallest absolute Gasteiger partial charge is 0.253 e. The molecule has 1 aliphatic rings. The van der Waals surface area contributed by atoms with Gasteiger partial charge in [0.05, 0.1) is 12.2 Å². The molecule has 0 atom stereocenters. The van der Waals surface area contributed by atoms with Crippen molar-refractivity contribution >= 4 is 11.8 Å². The van der Waals surface area contributed by atoms with Gasteiger partial charge in [-0.15, -0.1) is 0 Å². The zero-order valence-corrected chi connectivity index (χ0v) is 15.4. The Hall–Kier alpha value is -2.69. The summed E-state index contributed by atoms with van der Waals surface area (Å²) in [6.45, 7) is 5.74. The highest BCUT2D eigenvalue weighted by atomic mass is 16.2. The Balaban J connectivity index is 1.51. The van der Waals surface area contributed by atoms with E-state index in [0.717, 1.165) is 16.8 Å². The van der Waals surface area contributed by atoms with Crippen LogP contribution in [0.3, 0.4) is 0 Å². The Labute approximate surface area is 154 Å². The third kappa shape index (κ3) is 4.28. The first-order valence-electron chi connectivity index (χ1n) is 9.09. The first-order chi connectivity index (χ1) is 12.5. The molecule has 0 spiro atoms. The van der Waals surface area contributed by atoms with E-state index in [0.29, 0.717) is 32.5 Å². The van der Waals surface area contributed by atoms with Crippen molar-refractivity contribution < 1.29 is 9.59 Å². The molecule has 0 radical (unpaired) electrons. The molecule has 1 N–H and O–H groups in total. The molecule has 136 valence electrons. The van der Waals surface area contributed by atoms with E-state index in [2.05, 4.69) is 10.3 Å². The van der Waals surface area contributed by atoms with E-state index >= 15 is 0 Å². The number of carbonyl (C=O) groups is 2. The number of carbonyl (C=O) groups excluding carboxylic acids is 2. The highest BCUT2D eigenvalue weighted by molar-refractivity contribution is 5.94. The van der Waals surface area contributed by atoms with Crippen molar-refractivity contribution in [2.45, 2.75) is 33.2 Å². The van der Waals surface area contributed by atoms with E-state index in [9.17, 15) is 9.59 Å². The molecule has 1 saturated heterocycles. The number of aryl methyl sites for hydroxylation is 2. The maximum atomic E-state index is 12.7. The van der Waals surface area contributed by atoms with Crippen LogP contribution in [0.4, 0.5) is 0 Å². The normalized spacial score (nSPS) is 14.9. The molecule has 0 saturated carbocycles. The number of rotatable bonds is 4. The second kappa shape index (κ2) is 8.13. The van der Waals surface area contributed by atoms with Gasteiger partial charge < -0.3 is 10.2 Å². The summed E-state index contributed by atoms with van der Waals surface area (Å²) in [6.07, 6.45) is 3.12. The van der Waals surface area contributed by atoms with Crippen LogP contribution in [0.1, 0.15) is 40.0 Å². The fraction of sp³-hybridized carbons (Fsp3) is 0.381. The minimum absolute atomic E-state index is 0.0393. The number of benzene rings is 1. The molecular weight excluding hydrogens is 326 g/mol. The standard InChI is InChI=1S/C21H25N3O2/c1-15-6-7-18(13-16(15)2)21(26)24-11-8-17(9-12-24)20(25)23-14-19-5-3-4-10-22-19/h3-7,10,13,17H,8-9,11-12,14H2,1-2H3,(H,23,25). The number of likely N-dealkylation sites (tertiary alicyclic amines) is 1. The summed E-state index contributed by atoms with van der Waals surface area (Å²) in [5, 5.41) is 2.95. The lowest BCUT2D eigenvalue weighted by atomic mass is 9.95. The third-order valence-corrected chi connectivity index (χ3v) is 5.08. The van der Waals surface area contributed by atoms with Crippen molar-refractivity contribution in [1.82, 2.24) is 15.2 Å². The SMILES string of the molecule is Cc1ccc(C(=O)N2CCC(C(=O)NCc3ccccn3)CC2)cc1C. The lowest BCUT2D eigenvalue weighted by Crippen LogP contribution is -2.43. The Morgan fingerprint density at radius 1 is 1.12 bits per heavy atom. The quantitative estimate of drug-likeness (QED) is 0.921. The van der Waals surface area contributed by atoms with Crippen molar-refractivity contribution in [1.29, 1.82) is 0 Å². The molecule has 5 heteroatoms. The summed E-state index contributed by atoms with van der Waals surface area (Å²) in [6, 6.07) is 11.5. The molecule has 0 unspecified atom stereocenters. The van der Waals surface area contributed by atoms with Crippen LogP contribution in [0.5, 0.6) is 0 Å². The van der Waals surface area contributed by atoms with Gasteiger partial charge in [-0.1, -0.05) is 12.1 Å². The van der Waals surface area contributed by atoms with E-state index in [4.69, 9.17) is 0 Å². The minimum Gasteiger partial charge on any atom is -0.350 e. The van der Waals surface area contributed by atoms with E-state index < -0.39 is 0 Å². The molecule has 26 heavy (non-hydrogen) atoms. The Kier molecular flexibility index (Phi) is 5.66. The van der Waals surface area contributed by atoms with Crippen LogP contribution in [-0.2, 0) is 11.3 Å². The number of hydrogen-bond acceptors (Lipinski definition) is 3. The van der Waals surface area contributed by atoms with E-state index in [1.54, 1.807) is 6.20 Å². The van der Waals surface area contributed by atoms with Crippen molar-refractivity contribution in [3.8, 4) is 0 Å². The molecule has 5 nitrogen and oxygen atoms in total. The van der Waals surface area contributed by atoms with Crippen LogP contribution in [0.25, 0.3) is 0 Å². The van der Waals surface area contributed by atoms with Gasteiger partial charge in [0.1, 0.15) is 0 Å². The van der Waals surface area contributed by atoms with E-state index in [-0.39, 0.29) is 17.7 Å². The molecule has 0 aliphatic carbocycles. The van der Waals surface area contributed by atoms with Crippen LogP contribution in [0, 0.1) is 19.8 Å². The Morgan fingerprint density at radius 2 is 1.88 bits per heavy atom. The van der Waals surface area contributed by atoms with Gasteiger partial charge in [-0.05, 0) is 62.1 Å². The monoisotopic (exact) mass is 351 g/mol. The number of nitrogens with one attached hydrogen (secondary N) is 1. The van der Waals surface area contributed by atoms with Crippen LogP contribution in [0.15, 0.2) is 42.6 Å². The van der Waals surface area contributed by atoms with Crippen LogP contribution >= 0.6 is 0 Å². The highest BCUT2D eigenvalue weighted by Gasteiger charge is 2.27. The van der Waals surface area contributed by atoms with Gasteiger partial charge in [0, 0.05) is 30.8 Å². The van der Waals surface area contributed by atoms with Crippen molar-refractivity contribution in [3.05, 3.63) is 65.0 Å². The summed E-state index contributed by atoms with van der Waals surface area (Å²) in [5.74, 6) is 0.0666. The minimum atomic E-state index is -0.0393. The molecule has 1 aliphatic heterocycles. The summed E-state index contributed by atoms with van der Waals surface area (Å²) in [7, 11) is 0. The molecule has 1 fully saturated rings. The zero-order valence-electron chi connectivity index (χ0n) is 15.4.